The van der Waals surface area contributed by atoms with Gasteiger partial charge in [0.2, 0.25) is 0 Å². The Balaban J connectivity index is 1.37. The van der Waals surface area contributed by atoms with Crippen molar-refractivity contribution in [1.82, 2.24) is 4.90 Å². The maximum Gasteiger partial charge on any atom is 0.410 e. The number of ketones is 1. The predicted octanol–water partition coefficient (Wildman–Crippen LogP) is 7.14. The van der Waals surface area contributed by atoms with Gasteiger partial charge in [-0.15, -0.1) is 11.3 Å². The van der Waals surface area contributed by atoms with E-state index in [0.717, 1.165) is 17.5 Å². The third-order valence-electron chi connectivity index (χ3n) is 6.31. The Labute approximate surface area is 237 Å². The van der Waals surface area contributed by atoms with Crippen LogP contribution in [0.5, 0.6) is 23.0 Å². The van der Waals surface area contributed by atoms with Gasteiger partial charge in [0.05, 0.1) is 32.3 Å². The van der Waals surface area contributed by atoms with Gasteiger partial charge < -0.3 is 23.7 Å². The number of hydrogen-bond donors (Lipinski definition) is 0. The minimum atomic E-state index is -0.571. The molecule has 0 saturated carbocycles. The SMILES string of the molecule is CCCC(=O)c1cc2c(F)c(OCCCOc3cc4c(cc3OC)CN(C(=O)OC(C)(C)C)C4)c(OC)cc2s1. The van der Waals surface area contributed by atoms with Gasteiger partial charge in [0.25, 0.3) is 0 Å². The molecule has 0 unspecified atom stereocenters. The van der Waals surface area contributed by atoms with Crippen LogP contribution in [0.1, 0.15) is 67.8 Å². The Morgan fingerprint density at radius 2 is 1.60 bits per heavy atom. The average molecular weight is 574 g/mol. The van der Waals surface area contributed by atoms with Crippen LogP contribution in [-0.2, 0) is 17.8 Å². The second-order valence-electron chi connectivity index (χ2n) is 10.6. The molecule has 0 aliphatic carbocycles. The Morgan fingerprint density at radius 1 is 0.950 bits per heavy atom. The fourth-order valence-corrected chi connectivity index (χ4v) is 5.48. The molecule has 1 aromatic heterocycles. The number of amides is 1. The number of fused-ring (bicyclic) bond motifs is 2. The van der Waals surface area contributed by atoms with Crippen molar-refractivity contribution in [2.45, 2.75) is 65.6 Å². The zero-order valence-corrected chi connectivity index (χ0v) is 24.7. The highest BCUT2D eigenvalue weighted by atomic mass is 32.1. The van der Waals surface area contributed by atoms with E-state index in [1.807, 2.05) is 39.8 Å². The first kappa shape index (κ1) is 29.5. The predicted molar refractivity (Wildman–Crippen MR) is 152 cm³/mol. The molecule has 8 nitrogen and oxygen atoms in total. The van der Waals surface area contributed by atoms with Gasteiger partial charge in [-0.3, -0.25) is 9.69 Å². The summed E-state index contributed by atoms with van der Waals surface area (Å²) in [5.41, 5.74) is 1.37. The van der Waals surface area contributed by atoms with E-state index >= 15 is 4.39 Å². The van der Waals surface area contributed by atoms with Crippen LogP contribution in [-0.4, -0.2) is 49.8 Å². The molecule has 0 N–H and O–H groups in total. The number of thiophene rings is 1. The van der Waals surface area contributed by atoms with E-state index in [-0.39, 0.29) is 30.0 Å². The van der Waals surface area contributed by atoms with Crippen LogP contribution in [0.4, 0.5) is 9.18 Å². The summed E-state index contributed by atoms with van der Waals surface area (Å²) in [6.45, 7) is 8.79. The fourth-order valence-electron chi connectivity index (χ4n) is 4.42. The molecule has 2 heterocycles. The number of halogens is 1. The second-order valence-corrected chi connectivity index (χ2v) is 11.7. The van der Waals surface area contributed by atoms with Crippen molar-refractivity contribution in [3.63, 3.8) is 0 Å². The first-order valence-corrected chi connectivity index (χ1v) is 14.1. The summed E-state index contributed by atoms with van der Waals surface area (Å²) < 4.78 is 44.1. The van der Waals surface area contributed by atoms with Crippen LogP contribution in [0.25, 0.3) is 10.1 Å². The van der Waals surface area contributed by atoms with Gasteiger partial charge >= 0.3 is 6.09 Å². The number of carbonyl (C=O) groups is 2. The summed E-state index contributed by atoms with van der Waals surface area (Å²) in [7, 11) is 3.02. The molecule has 0 radical (unpaired) electrons. The number of hydrogen-bond acceptors (Lipinski definition) is 8. The van der Waals surface area contributed by atoms with Gasteiger partial charge in [-0.1, -0.05) is 6.92 Å². The van der Waals surface area contributed by atoms with Crippen molar-refractivity contribution in [3.8, 4) is 23.0 Å². The molecule has 216 valence electrons. The highest BCUT2D eigenvalue weighted by Crippen LogP contribution is 2.40. The van der Waals surface area contributed by atoms with E-state index in [0.29, 0.717) is 59.0 Å². The lowest BCUT2D eigenvalue weighted by molar-refractivity contribution is 0.0241. The van der Waals surface area contributed by atoms with Gasteiger partial charge in [0.1, 0.15) is 5.60 Å². The van der Waals surface area contributed by atoms with Gasteiger partial charge in [-0.05, 0) is 56.5 Å². The molecule has 4 rings (SSSR count). The minimum absolute atomic E-state index is 0.00113. The maximum atomic E-state index is 15.4. The second kappa shape index (κ2) is 12.3. The summed E-state index contributed by atoms with van der Waals surface area (Å²) in [6.07, 6.45) is 1.26. The quantitative estimate of drug-likeness (QED) is 0.178. The van der Waals surface area contributed by atoms with Crippen LogP contribution in [0, 0.1) is 5.82 Å². The van der Waals surface area contributed by atoms with E-state index < -0.39 is 11.4 Å². The third-order valence-corrected chi connectivity index (χ3v) is 7.43. The number of Topliss-reactive ketones (excluding diaryl/α,β-unsaturated/α-hetero) is 1. The molecule has 1 aliphatic rings. The topological polar surface area (TPSA) is 83.5 Å². The lowest BCUT2D eigenvalue weighted by Gasteiger charge is -2.24. The fraction of sp³-hybridized carbons (Fsp3) is 0.467. The first-order valence-electron chi connectivity index (χ1n) is 13.3. The van der Waals surface area contributed by atoms with Crippen LogP contribution in [0.2, 0.25) is 0 Å². The maximum absolute atomic E-state index is 15.4. The van der Waals surface area contributed by atoms with Gasteiger partial charge in [0, 0.05) is 42.1 Å². The molecule has 0 spiro atoms. The lowest BCUT2D eigenvalue weighted by Crippen LogP contribution is -2.33. The molecule has 2 aromatic carbocycles. The van der Waals surface area contributed by atoms with Crippen LogP contribution >= 0.6 is 11.3 Å². The normalized spacial score (nSPS) is 12.8. The molecule has 0 atom stereocenters. The molecule has 1 amide bonds. The lowest BCUT2D eigenvalue weighted by atomic mass is 10.1. The van der Waals surface area contributed by atoms with Crippen molar-refractivity contribution in [2.24, 2.45) is 0 Å². The van der Waals surface area contributed by atoms with E-state index in [1.54, 1.807) is 24.1 Å². The van der Waals surface area contributed by atoms with Crippen molar-refractivity contribution in [1.29, 1.82) is 0 Å². The molecular weight excluding hydrogens is 537 g/mol. The smallest absolute Gasteiger partial charge is 0.410 e. The molecule has 0 fully saturated rings. The highest BCUT2D eigenvalue weighted by molar-refractivity contribution is 7.20. The molecule has 1 aliphatic heterocycles. The van der Waals surface area contributed by atoms with Gasteiger partial charge in [0.15, 0.2) is 34.6 Å². The largest absolute Gasteiger partial charge is 0.493 e. The number of nitrogens with zero attached hydrogens (tertiary/aromatic N) is 1. The van der Waals surface area contributed by atoms with E-state index in [4.69, 9.17) is 23.7 Å². The Bertz CT molecular complexity index is 1400. The summed E-state index contributed by atoms with van der Waals surface area (Å²) in [4.78, 5) is 27.0. The van der Waals surface area contributed by atoms with Gasteiger partial charge in [-0.2, -0.15) is 0 Å². The molecule has 0 bridgehead atoms. The van der Waals surface area contributed by atoms with Crippen LogP contribution in [0.3, 0.4) is 0 Å². The number of benzene rings is 2. The summed E-state index contributed by atoms with van der Waals surface area (Å²) in [5, 5.41) is 0.347. The minimum Gasteiger partial charge on any atom is -0.493 e. The monoisotopic (exact) mass is 573 g/mol. The van der Waals surface area contributed by atoms with E-state index in [9.17, 15) is 9.59 Å². The standard InChI is InChI=1S/C30H36FNO7S/c1-7-9-21(33)26-14-20-25(40-26)15-24(36-6)28(27(20)31)38-11-8-10-37-23-13-19-17-32(29(34)39-30(2,3)4)16-18(19)12-22(23)35-5/h12-15H,7-11,16-17H2,1-6H3. The zero-order valence-electron chi connectivity index (χ0n) is 23.9. The molecule has 3 aromatic rings. The van der Waals surface area contributed by atoms with Crippen molar-refractivity contribution < 1.29 is 37.7 Å². The van der Waals surface area contributed by atoms with Crippen LogP contribution in [0.15, 0.2) is 24.3 Å². The Kier molecular flexibility index (Phi) is 9.08. The number of rotatable bonds is 11. The first-order chi connectivity index (χ1) is 19.0. The molecule has 10 heteroatoms. The summed E-state index contributed by atoms with van der Waals surface area (Å²) in [6, 6.07) is 7.05. The van der Waals surface area contributed by atoms with Crippen molar-refractivity contribution in [2.75, 3.05) is 27.4 Å². The molecular formula is C30H36FNO7S. The van der Waals surface area contributed by atoms with Crippen molar-refractivity contribution in [3.05, 3.63) is 46.1 Å². The average Bonchev–Trinajstić information content (AvgIpc) is 3.52. The van der Waals surface area contributed by atoms with Crippen LogP contribution < -0.4 is 18.9 Å². The zero-order chi connectivity index (χ0) is 29.0. The van der Waals surface area contributed by atoms with E-state index in [2.05, 4.69) is 0 Å². The number of methoxy groups -OCH3 is 2. The van der Waals surface area contributed by atoms with Crippen molar-refractivity contribution >= 4 is 33.3 Å². The molecule has 40 heavy (non-hydrogen) atoms. The third kappa shape index (κ3) is 6.60. The van der Waals surface area contributed by atoms with Gasteiger partial charge in [-0.25, -0.2) is 9.18 Å². The Morgan fingerprint density at radius 3 is 2.23 bits per heavy atom. The molecule has 0 saturated heterocycles. The number of ether oxygens (including phenoxy) is 5. The van der Waals surface area contributed by atoms with E-state index in [1.165, 1.54) is 18.4 Å². The Hall–Kier alpha value is -3.53. The summed E-state index contributed by atoms with van der Waals surface area (Å²) >= 11 is 1.26. The summed E-state index contributed by atoms with van der Waals surface area (Å²) in [5.74, 6) is 0.865. The number of carbonyl (C=O) groups excluding carboxylic acids is 2. The highest BCUT2D eigenvalue weighted by Gasteiger charge is 2.29.